The summed E-state index contributed by atoms with van der Waals surface area (Å²) in [5, 5.41) is 5.92. The largest absolute Gasteiger partial charge is 0.497 e. The van der Waals surface area contributed by atoms with Gasteiger partial charge in [0.25, 0.3) is 5.91 Å². The molecule has 0 spiro atoms. The van der Waals surface area contributed by atoms with E-state index in [2.05, 4.69) is 35.4 Å². The van der Waals surface area contributed by atoms with Gasteiger partial charge in [0.15, 0.2) is 0 Å². The standard InChI is InChI=1S/C24H33N3O3/c1-5-27(6-2)22(20-13-10-14-21(16-20)30-4)17-25-23(28)15-18(3)26-24(29)19-11-8-7-9-12-19/h7-14,16,18,22H,5-6,15,17H2,1-4H3,(H,25,28)(H,26,29). The summed E-state index contributed by atoms with van der Waals surface area (Å²) >= 11 is 0. The number of nitrogens with one attached hydrogen (secondary N) is 2. The Bertz CT molecular complexity index is 806. The van der Waals surface area contributed by atoms with E-state index in [0.717, 1.165) is 24.4 Å². The van der Waals surface area contributed by atoms with Crippen molar-refractivity contribution in [2.45, 2.75) is 39.3 Å². The fourth-order valence-corrected chi connectivity index (χ4v) is 3.48. The lowest BCUT2D eigenvalue weighted by molar-refractivity contribution is -0.121. The van der Waals surface area contributed by atoms with Crippen molar-refractivity contribution < 1.29 is 14.3 Å². The molecule has 0 fully saturated rings. The number of methoxy groups -OCH3 is 1. The van der Waals surface area contributed by atoms with Crippen LogP contribution in [0.4, 0.5) is 0 Å². The van der Waals surface area contributed by atoms with Crippen molar-refractivity contribution in [1.82, 2.24) is 15.5 Å². The zero-order chi connectivity index (χ0) is 21.9. The molecule has 0 saturated carbocycles. The number of rotatable bonds is 11. The lowest BCUT2D eigenvalue weighted by atomic mass is 10.0. The van der Waals surface area contributed by atoms with Crippen molar-refractivity contribution in [3.05, 3.63) is 65.7 Å². The van der Waals surface area contributed by atoms with Crippen LogP contribution in [0.3, 0.4) is 0 Å². The van der Waals surface area contributed by atoms with Gasteiger partial charge in [-0.2, -0.15) is 0 Å². The minimum absolute atomic E-state index is 0.0493. The molecule has 2 rings (SSSR count). The van der Waals surface area contributed by atoms with Crippen molar-refractivity contribution in [2.75, 3.05) is 26.7 Å². The first kappa shape index (κ1) is 23.4. The third-order valence-electron chi connectivity index (χ3n) is 5.13. The fraction of sp³-hybridized carbons (Fsp3) is 0.417. The van der Waals surface area contributed by atoms with Gasteiger partial charge in [0, 0.05) is 24.6 Å². The number of hydrogen-bond acceptors (Lipinski definition) is 4. The maximum atomic E-state index is 12.5. The number of nitrogens with zero attached hydrogens (tertiary/aromatic N) is 1. The summed E-state index contributed by atoms with van der Waals surface area (Å²) < 4.78 is 5.36. The second-order valence-electron chi connectivity index (χ2n) is 7.26. The van der Waals surface area contributed by atoms with Crippen LogP contribution in [0.25, 0.3) is 0 Å². The smallest absolute Gasteiger partial charge is 0.251 e. The minimum atomic E-state index is -0.263. The topological polar surface area (TPSA) is 70.7 Å². The monoisotopic (exact) mass is 411 g/mol. The maximum absolute atomic E-state index is 12.5. The van der Waals surface area contributed by atoms with Crippen LogP contribution in [-0.2, 0) is 4.79 Å². The minimum Gasteiger partial charge on any atom is -0.497 e. The van der Waals surface area contributed by atoms with Gasteiger partial charge in [-0.05, 0) is 49.8 Å². The van der Waals surface area contributed by atoms with Crippen molar-refractivity contribution in [1.29, 1.82) is 0 Å². The molecule has 2 aromatic carbocycles. The molecule has 2 amide bonds. The highest BCUT2D eigenvalue weighted by Gasteiger charge is 2.20. The average molecular weight is 412 g/mol. The number of benzene rings is 2. The number of carbonyl (C=O) groups is 2. The number of likely N-dealkylation sites (N-methyl/N-ethyl adjacent to an activating group) is 1. The molecule has 0 saturated heterocycles. The third kappa shape index (κ3) is 6.88. The predicted octanol–water partition coefficient (Wildman–Crippen LogP) is 3.40. The number of carbonyl (C=O) groups excluding carboxylic acids is 2. The molecule has 6 nitrogen and oxygen atoms in total. The van der Waals surface area contributed by atoms with Gasteiger partial charge in [-0.3, -0.25) is 14.5 Å². The average Bonchev–Trinajstić information content (AvgIpc) is 2.77. The predicted molar refractivity (Wildman–Crippen MR) is 120 cm³/mol. The Kier molecular flexibility index (Phi) is 9.35. The van der Waals surface area contributed by atoms with Crippen LogP contribution in [0.1, 0.15) is 49.2 Å². The van der Waals surface area contributed by atoms with Gasteiger partial charge in [-0.15, -0.1) is 0 Å². The molecule has 0 heterocycles. The molecule has 0 aliphatic carbocycles. The number of hydrogen-bond donors (Lipinski definition) is 2. The Hall–Kier alpha value is -2.86. The van der Waals surface area contributed by atoms with Crippen molar-refractivity contribution >= 4 is 11.8 Å². The van der Waals surface area contributed by atoms with Crippen molar-refractivity contribution in [3.8, 4) is 5.75 Å². The van der Waals surface area contributed by atoms with E-state index in [-0.39, 0.29) is 30.3 Å². The van der Waals surface area contributed by atoms with Crippen LogP contribution in [0.5, 0.6) is 5.75 Å². The van der Waals surface area contributed by atoms with Crippen LogP contribution >= 0.6 is 0 Å². The molecule has 30 heavy (non-hydrogen) atoms. The lowest BCUT2D eigenvalue weighted by Gasteiger charge is -2.30. The molecule has 162 valence electrons. The summed E-state index contributed by atoms with van der Waals surface area (Å²) in [6.07, 6.45) is 0.224. The lowest BCUT2D eigenvalue weighted by Crippen LogP contribution is -2.41. The van der Waals surface area contributed by atoms with E-state index in [4.69, 9.17) is 4.74 Å². The molecule has 2 unspecified atom stereocenters. The molecule has 0 aliphatic rings. The quantitative estimate of drug-likeness (QED) is 0.595. The molecule has 0 bridgehead atoms. The molecule has 0 aliphatic heterocycles. The molecule has 0 aromatic heterocycles. The van der Waals surface area contributed by atoms with Gasteiger partial charge < -0.3 is 15.4 Å². The van der Waals surface area contributed by atoms with Crippen LogP contribution in [0, 0.1) is 0 Å². The normalized spacial score (nSPS) is 12.8. The molecule has 2 aromatic rings. The maximum Gasteiger partial charge on any atom is 0.251 e. The molecule has 2 atom stereocenters. The Labute approximate surface area is 179 Å². The van der Waals surface area contributed by atoms with Gasteiger partial charge in [0.1, 0.15) is 5.75 Å². The Morgan fingerprint density at radius 1 is 1.03 bits per heavy atom. The SMILES string of the molecule is CCN(CC)C(CNC(=O)CC(C)NC(=O)c1ccccc1)c1cccc(OC)c1. The van der Waals surface area contributed by atoms with Crippen LogP contribution in [0.2, 0.25) is 0 Å². The number of amides is 2. The highest BCUT2D eigenvalue weighted by atomic mass is 16.5. The van der Waals surface area contributed by atoms with Crippen LogP contribution in [-0.4, -0.2) is 49.5 Å². The van der Waals surface area contributed by atoms with E-state index in [1.807, 2.05) is 43.3 Å². The molecule has 0 radical (unpaired) electrons. The summed E-state index contributed by atoms with van der Waals surface area (Å²) in [5.41, 5.74) is 1.69. The first-order valence-corrected chi connectivity index (χ1v) is 10.5. The third-order valence-corrected chi connectivity index (χ3v) is 5.13. The van der Waals surface area contributed by atoms with E-state index in [1.54, 1.807) is 19.2 Å². The summed E-state index contributed by atoms with van der Waals surface area (Å²) in [7, 11) is 1.65. The van der Waals surface area contributed by atoms with Crippen molar-refractivity contribution in [2.24, 2.45) is 0 Å². The Morgan fingerprint density at radius 3 is 2.37 bits per heavy atom. The van der Waals surface area contributed by atoms with E-state index in [0.29, 0.717) is 12.1 Å². The van der Waals surface area contributed by atoms with E-state index in [9.17, 15) is 9.59 Å². The highest BCUT2D eigenvalue weighted by molar-refractivity contribution is 5.94. The first-order valence-electron chi connectivity index (χ1n) is 10.5. The molecular formula is C24H33N3O3. The number of ether oxygens (including phenoxy) is 1. The summed E-state index contributed by atoms with van der Waals surface area (Å²) in [6, 6.07) is 16.7. The van der Waals surface area contributed by atoms with Gasteiger partial charge in [0.2, 0.25) is 5.91 Å². The van der Waals surface area contributed by atoms with E-state index >= 15 is 0 Å². The summed E-state index contributed by atoms with van der Waals surface area (Å²) in [5.74, 6) is 0.539. The Balaban J connectivity index is 1.95. The Morgan fingerprint density at radius 2 is 1.73 bits per heavy atom. The van der Waals surface area contributed by atoms with Crippen molar-refractivity contribution in [3.63, 3.8) is 0 Å². The van der Waals surface area contributed by atoms with Gasteiger partial charge in [0.05, 0.1) is 13.2 Å². The zero-order valence-electron chi connectivity index (χ0n) is 18.4. The highest BCUT2D eigenvalue weighted by Crippen LogP contribution is 2.23. The van der Waals surface area contributed by atoms with Gasteiger partial charge >= 0.3 is 0 Å². The van der Waals surface area contributed by atoms with Gasteiger partial charge in [-0.1, -0.05) is 44.2 Å². The van der Waals surface area contributed by atoms with E-state index < -0.39 is 0 Å². The summed E-state index contributed by atoms with van der Waals surface area (Å²) in [4.78, 5) is 27.1. The van der Waals surface area contributed by atoms with Crippen LogP contribution in [0.15, 0.2) is 54.6 Å². The second-order valence-corrected chi connectivity index (χ2v) is 7.26. The van der Waals surface area contributed by atoms with Crippen LogP contribution < -0.4 is 15.4 Å². The summed E-state index contributed by atoms with van der Waals surface area (Å²) in [6.45, 7) is 8.30. The molecular weight excluding hydrogens is 378 g/mol. The zero-order valence-corrected chi connectivity index (χ0v) is 18.4. The fourth-order valence-electron chi connectivity index (χ4n) is 3.48. The molecule has 6 heteroatoms. The first-order chi connectivity index (χ1) is 14.5. The second kappa shape index (κ2) is 12.0. The molecule has 2 N–H and O–H groups in total. The van der Waals surface area contributed by atoms with Gasteiger partial charge in [-0.25, -0.2) is 0 Å². The van der Waals surface area contributed by atoms with E-state index in [1.165, 1.54) is 0 Å².